The van der Waals surface area contributed by atoms with E-state index in [0.717, 1.165) is 6.42 Å². The van der Waals surface area contributed by atoms with Crippen molar-refractivity contribution in [1.29, 1.82) is 0 Å². The summed E-state index contributed by atoms with van der Waals surface area (Å²) in [7, 11) is 0. The summed E-state index contributed by atoms with van der Waals surface area (Å²) in [5.74, 6) is 0. The molecular weight excluding hydrogens is 146 g/mol. The molecule has 1 aliphatic heterocycles. The van der Waals surface area contributed by atoms with Crippen LogP contribution in [0.2, 0.25) is 0 Å². The van der Waals surface area contributed by atoms with Crippen LogP contribution in [0.1, 0.15) is 17.5 Å². The van der Waals surface area contributed by atoms with Crippen LogP contribution in [0.25, 0.3) is 11.1 Å². The summed E-state index contributed by atoms with van der Waals surface area (Å²) in [6, 6.07) is 8.58. The molecule has 0 saturated carbocycles. The molecule has 0 atom stereocenters. The van der Waals surface area contributed by atoms with Gasteiger partial charge in [0, 0.05) is 18.8 Å². The molecule has 1 nitrogen and oxygen atoms in total. The maximum atomic E-state index is 3.17. The van der Waals surface area contributed by atoms with Gasteiger partial charge >= 0.3 is 0 Å². The molecule has 0 fully saturated rings. The van der Waals surface area contributed by atoms with E-state index >= 15 is 0 Å². The Hall–Kier alpha value is -1.50. The van der Waals surface area contributed by atoms with Gasteiger partial charge in [-0.05, 0) is 22.3 Å². The Bertz CT molecular complexity index is 362. The molecule has 1 N–H and O–H groups in total. The summed E-state index contributed by atoms with van der Waals surface area (Å²) in [6.45, 7) is 0. The third kappa shape index (κ3) is 0.632. The van der Waals surface area contributed by atoms with Gasteiger partial charge in [-0.15, -0.1) is 0 Å². The van der Waals surface area contributed by atoms with E-state index in [9.17, 15) is 0 Å². The van der Waals surface area contributed by atoms with Crippen molar-refractivity contribution in [3.05, 3.63) is 47.8 Å². The molecule has 0 saturated heterocycles. The SMILES string of the molecule is C1=C2CC(=CN1)c1ccccc12. The molecule has 1 aromatic rings. The Morgan fingerprint density at radius 3 is 2.08 bits per heavy atom. The predicted octanol–water partition coefficient (Wildman–Crippen LogP) is 2.38. The second kappa shape index (κ2) is 2.01. The number of dihydropyridines is 1. The topological polar surface area (TPSA) is 12.0 Å². The molecule has 0 unspecified atom stereocenters. The van der Waals surface area contributed by atoms with Gasteiger partial charge in [0.15, 0.2) is 0 Å². The van der Waals surface area contributed by atoms with Crippen LogP contribution < -0.4 is 5.32 Å². The first-order chi connectivity index (χ1) is 5.95. The first kappa shape index (κ1) is 6.06. The van der Waals surface area contributed by atoms with E-state index in [2.05, 4.69) is 42.0 Å². The van der Waals surface area contributed by atoms with Crippen LogP contribution in [-0.2, 0) is 0 Å². The predicted molar refractivity (Wildman–Crippen MR) is 50.1 cm³/mol. The molecule has 2 bridgehead atoms. The number of allylic oxidation sites excluding steroid dienone is 2. The Morgan fingerprint density at radius 2 is 1.50 bits per heavy atom. The normalized spacial score (nSPS) is 17.7. The van der Waals surface area contributed by atoms with Crippen molar-refractivity contribution >= 4 is 11.1 Å². The average molecular weight is 155 g/mol. The number of hydrogen-bond donors (Lipinski definition) is 1. The molecule has 2 aliphatic rings. The van der Waals surface area contributed by atoms with E-state index in [-0.39, 0.29) is 0 Å². The van der Waals surface area contributed by atoms with Gasteiger partial charge in [-0.3, -0.25) is 0 Å². The smallest absolute Gasteiger partial charge is 0.00465 e. The largest absolute Gasteiger partial charge is 0.367 e. The summed E-state index contributed by atoms with van der Waals surface area (Å²) in [4.78, 5) is 0. The molecule has 1 heteroatoms. The zero-order chi connectivity index (χ0) is 7.97. The molecule has 0 aromatic heterocycles. The maximum absolute atomic E-state index is 3.17. The van der Waals surface area contributed by atoms with Crippen LogP contribution in [0, 0.1) is 0 Å². The van der Waals surface area contributed by atoms with Gasteiger partial charge in [0.05, 0.1) is 0 Å². The highest BCUT2D eigenvalue weighted by atomic mass is 14.8. The fraction of sp³-hybridized carbons (Fsp3) is 0.0909. The van der Waals surface area contributed by atoms with Crippen LogP contribution in [0.3, 0.4) is 0 Å². The lowest BCUT2D eigenvalue weighted by Gasteiger charge is -2.02. The molecular formula is C11H9N. The second-order valence-corrected chi connectivity index (χ2v) is 3.23. The molecule has 1 heterocycles. The summed E-state index contributed by atoms with van der Waals surface area (Å²) >= 11 is 0. The first-order valence-electron chi connectivity index (χ1n) is 4.19. The van der Waals surface area contributed by atoms with Gasteiger partial charge in [0.1, 0.15) is 0 Å². The van der Waals surface area contributed by atoms with Crippen molar-refractivity contribution in [3.8, 4) is 0 Å². The highest BCUT2D eigenvalue weighted by Crippen LogP contribution is 2.40. The van der Waals surface area contributed by atoms with Gasteiger partial charge in [0.2, 0.25) is 0 Å². The average Bonchev–Trinajstić information content (AvgIpc) is 2.41. The highest BCUT2D eigenvalue weighted by Gasteiger charge is 2.21. The van der Waals surface area contributed by atoms with E-state index in [1.165, 1.54) is 22.3 Å². The quantitative estimate of drug-likeness (QED) is 0.606. The third-order valence-corrected chi connectivity index (χ3v) is 2.51. The van der Waals surface area contributed by atoms with Crippen molar-refractivity contribution in [2.45, 2.75) is 6.42 Å². The van der Waals surface area contributed by atoms with E-state index < -0.39 is 0 Å². The minimum atomic E-state index is 1.10. The van der Waals surface area contributed by atoms with Crippen LogP contribution in [-0.4, -0.2) is 0 Å². The van der Waals surface area contributed by atoms with Gasteiger partial charge < -0.3 is 5.32 Å². The number of hydrogen-bond acceptors (Lipinski definition) is 1. The first-order valence-corrected chi connectivity index (χ1v) is 4.19. The number of fused-ring (bicyclic) bond motifs is 5. The standard InChI is InChI=1S/C11H9N/c1-2-4-11-9-5-8(6-12-7-9)10(11)3-1/h1-4,6-7,12H,5H2. The molecule has 0 radical (unpaired) electrons. The fourth-order valence-electron chi connectivity index (χ4n) is 1.94. The molecule has 0 amide bonds. The zero-order valence-corrected chi connectivity index (χ0v) is 6.67. The van der Waals surface area contributed by atoms with E-state index in [1.54, 1.807) is 0 Å². The summed E-state index contributed by atoms with van der Waals surface area (Å²) in [5, 5.41) is 3.17. The molecule has 12 heavy (non-hydrogen) atoms. The lowest BCUT2D eigenvalue weighted by atomic mass is 10.1. The molecule has 0 spiro atoms. The van der Waals surface area contributed by atoms with E-state index in [4.69, 9.17) is 0 Å². The lowest BCUT2D eigenvalue weighted by Crippen LogP contribution is -1.97. The van der Waals surface area contributed by atoms with Crippen molar-refractivity contribution < 1.29 is 0 Å². The van der Waals surface area contributed by atoms with Gasteiger partial charge in [0.25, 0.3) is 0 Å². The van der Waals surface area contributed by atoms with E-state index in [0.29, 0.717) is 0 Å². The van der Waals surface area contributed by atoms with Crippen molar-refractivity contribution in [2.24, 2.45) is 0 Å². The summed E-state index contributed by atoms with van der Waals surface area (Å²) < 4.78 is 0. The maximum Gasteiger partial charge on any atom is 0.00465 e. The van der Waals surface area contributed by atoms with Crippen molar-refractivity contribution in [1.82, 2.24) is 5.32 Å². The molecule has 58 valence electrons. The summed E-state index contributed by atoms with van der Waals surface area (Å²) in [5.41, 5.74) is 5.63. The number of nitrogens with one attached hydrogen (secondary N) is 1. The van der Waals surface area contributed by atoms with Crippen molar-refractivity contribution in [3.63, 3.8) is 0 Å². The van der Waals surface area contributed by atoms with E-state index in [1.807, 2.05) is 0 Å². The Labute approximate surface area is 71.4 Å². The minimum absolute atomic E-state index is 1.10. The number of rotatable bonds is 0. The number of benzene rings is 1. The van der Waals surface area contributed by atoms with Gasteiger partial charge in [-0.25, -0.2) is 0 Å². The van der Waals surface area contributed by atoms with Gasteiger partial charge in [-0.1, -0.05) is 24.3 Å². The lowest BCUT2D eigenvalue weighted by molar-refractivity contribution is 1.16. The van der Waals surface area contributed by atoms with Crippen LogP contribution >= 0.6 is 0 Å². The summed E-state index contributed by atoms with van der Waals surface area (Å²) in [6.07, 6.45) is 5.29. The molecule has 1 aromatic carbocycles. The minimum Gasteiger partial charge on any atom is -0.367 e. The molecule has 1 aliphatic carbocycles. The van der Waals surface area contributed by atoms with Gasteiger partial charge in [-0.2, -0.15) is 0 Å². The monoisotopic (exact) mass is 155 g/mol. The van der Waals surface area contributed by atoms with Crippen LogP contribution in [0.4, 0.5) is 0 Å². The Morgan fingerprint density at radius 1 is 0.917 bits per heavy atom. The fourth-order valence-corrected chi connectivity index (χ4v) is 1.94. The van der Waals surface area contributed by atoms with Crippen molar-refractivity contribution in [2.75, 3.05) is 0 Å². The van der Waals surface area contributed by atoms with Crippen LogP contribution in [0.5, 0.6) is 0 Å². The zero-order valence-electron chi connectivity index (χ0n) is 6.67. The Kier molecular flexibility index (Phi) is 1.01. The van der Waals surface area contributed by atoms with Crippen LogP contribution in [0.15, 0.2) is 36.7 Å². The highest BCUT2D eigenvalue weighted by molar-refractivity contribution is 5.93. The second-order valence-electron chi connectivity index (χ2n) is 3.23. The molecule has 3 rings (SSSR count). The third-order valence-electron chi connectivity index (χ3n) is 2.51. The Balaban J connectivity index is 2.36.